The molecule has 0 radical (unpaired) electrons. The Bertz CT molecular complexity index is 1190. The number of benzene rings is 3. The topological polar surface area (TPSA) is 73.8 Å². The number of hydrogen-bond donors (Lipinski definition) is 3. The number of ether oxygens (including phenoxy) is 1. The van der Waals surface area contributed by atoms with E-state index in [0.717, 1.165) is 56.3 Å². The maximum Gasteiger partial charge on any atom is 0.274 e. The van der Waals surface area contributed by atoms with Crippen LogP contribution in [-0.2, 0) is 13.0 Å². The van der Waals surface area contributed by atoms with Gasteiger partial charge in [0.2, 0.25) is 0 Å². The van der Waals surface area contributed by atoms with Crippen LogP contribution >= 0.6 is 0 Å². The Morgan fingerprint density at radius 3 is 2.33 bits per heavy atom. The van der Waals surface area contributed by atoms with E-state index in [4.69, 9.17) is 9.94 Å². The highest BCUT2D eigenvalue weighted by Crippen LogP contribution is 2.41. The zero-order valence-corrected chi connectivity index (χ0v) is 22.3. The van der Waals surface area contributed by atoms with Crippen molar-refractivity contribution in [1.29, 1.82) is 0 Å². The molecule has 0 aromatic heterocycles. The highest BCUT2D eigenvalue weighted by atomic mass is 19.1. The molecule has 2 fully saturated rings. The number of halogens is 1. The lowest BCUT2D eigenvalue weighted by Gasteiger charge is -2.32. The highest BCUT2D eigenvalue weighted by Gasteiger charge is 2.38. The lowest BCUT2D eigenvalue weighted by atomic mass is 9.96. The molecule has 3 aromatic carbocycles. The number of amides is 1. The van der Waals surface area contributed by atoms with E-state index in [1.54, 1.807) is 29.7 Å². The second-order valence-electron chi connectivity index (χ2n) is 10.9. The van der Waals surface area contributed by atoms with Crippen LogP contribution in [0, 0.1) is 11.7 Å². The third-order valence-electron chi connectivity index (χ3n) is 8.05. The smallest absolute Gasteiger partial charge is 0.274 e. The molecule has 0 spiro atoms. The van der Waals surface area contributed by atoms with E-state index < -0.39 is 5.91 Å². The van der Waals surface area contributed by atoms with E-state index in [0.29, 0.717) is 24.1 Å². The maximum atomic E-state index is 13.0. The first-order valence-corrected chi connectivity index (χ1v) is 14.0. The van der Waals surface area contributed by atoms with Crippen LogP contribution in [-0.4, -0.2) is 48.2 Å². The number of hydroxylamine groups is 1. The Kier molecular flexibility index (Phi) is 9.24. The summed E-state index contributed by atoms with van der Waals surface area (Å²) in [4.78, 5) is 14.0. The van der Waals surface area contributed by atoms with E-state index in [1.807, 2.05) is 24.3 Å². The number of carbonyl (C=O) groups is 1. The van der Waals surface area contributed by atoms with Crippen LogP contribution in [0.2, 0.25) is 0 Å². The average Bonchev–Trinajstić information content (AvgIpc) is 3.76. The van der Waals surface area contributed by atoms with Crippen molar-refractivity contribution in [2.45, 2.75) is 50.7 Å². The zero-order valence-electron chi connectivity index (χ0n) is 22.3. The molecule has 1 heterocycles. The van der Waals surface area contributed by atoms with Crippen LogP contribution < -0.4 is 15.5 Å². The van der Waals surface area contributed by atoms with Crippen molar-refractivity contribution in [2.24, 2.45) is 5.92 Å². The highest BCUT2D eigenvalue weighted by molar-refractivity contribution is 5.93. The van der Waals surface area contributed by atoms with Gasteiger partial charge in [-0.25, -0.2) is 9.87 Å². The third kappa shape index (κ3) is 7.88. The molecule has 1 saturated carbocycles. The average molecular weight is 532 g/mol. The lowest BCUT2D eigenvalue weighted by Crippen LogP contribution is -2.38. The summed E-state index contributed by atoms with van der Waals surface area (Å²) in [6, 6.07) is 22.8. The van der Waals surface area contributed by atoms with Crippen LogP contribution in [0.1, 0.15) is 58.6 Å². The fourth-order valence-electron chi connectivity index (χ4n) is 5.47. The van der Waals surface area contributed by atoms with Crippen LogP contribution in [0.4, 0.5) is 4.39 Å². The molecule has 3 aromatic rings. The first kappa shape index (κ1) is 27.3. The molecule has 206 valence electrons. The van der Waals surface area contributed by atoms with Gasteiger partial charge in [0.05, 0.1) is 0 Å². The molecular weight excluding hydrogens is 493 g/mol. The number of carbonyl (C=O) groups excluding carboxylic acids is 1. The SMILES string of the molecule is O=C(NO)c1ccc(CCCN2CCC(CNC3CC3c3ccc(OCc4ccc(F)cc4)cc3)CC2)cc1. The summed E-state index contributed by atoms with van der Waals surface area (Å²) in [5.74, 6) is 1.46. The fraction of sp³-hybridized carbons (Fsp3) is 0.406. The largest absolute Gasteiger partial charge is 0.489 e. The molecule has 6 nitrogen and oxygen atoms in total. The number of likely N-dealkylation sites (tertiary alicyclic amines) is 1. The Morgan fingerprint density at radius 2 is 1.64 bits per heavy atom. The van der Waals surface area contributed by atoms with Crippen molar-refractivity contribution in [3.63, 3.8) is 0 Å². The first-order valence-electron chi connectivity index (χ1n) is 14.0. The Morgan fingerprint density at radius 1 is 0.949 bits per heavy atom. The van der Waals surface area contributed by atoms with Crippen LogP contribution in [0.15, 0.2) is 72.8 Å². The number of piperidine rings is 1. The van der Waals surface area contributed by atoms with E-state index in [1.165, 1.54) is 42.5 Å². The predicted octanol–water partition coefficient (Wildman–Crippen LogP) is 5.31. The first-order chi connectivity index (χ1) is 19.1. The molecule has 1 aliphatic heterocycles. The molecule has 7 heteroatoms. The van der Waals surface area contributed by atoms with Gasteiger partial charge in [-0.05, 0) is 117 Å². The summed E-state index contributed by atoms with van der Waals surface area (Å²) >= 11 is 0. The van der Waals surface area contributed by atoms with Crippen molar-refractivity contribution in [3.8, 4) is 5.75 Å². The van der Waals surface area contributed by atoms with Crippen molar-refractivity contribution >= 4 is 5.91 Å². The van der Waals surface area contributed by atoms with Gasteiger partial charge in [0.25, 0.3) is 5.91 Å². The number of nitrogens with one attached hydrogen (secondary N) is 2. The molecule has 5 rings (SSSR count). The number of aryl methyl sites for hydroxylation is 1. The van der Waals surface area contributed by atoms with Gasteiger partial charge < -0.3 is 15.0 Å². The van der Waals surface area contributed by atoms with E-state index in [2.05, 4.69) is 22.3 Å². The molecular formula is C32H38FN3O3. The molecule has 0 bridgehead atoms. The standard InChI is InChI=1S/C32H38FN3O3/c33-28-11-5-25(6-12-28)22-39-29-13-9-26(10-14-29)30-20-31(30)34-21-24-15-18-36(19-16-24)17-1-2-23-3-7-27(8-4-23)32(37)35-38/h3-14,24,30-31,34,38H,1-2,15-22H2,(H,35,37). The lowest BCUT2D eigenvalue weighted by molar-refractivity contribution is 0.0706. The molecule has 2 aliphatic rings. The van der Waals surface area contributed by atoms with Crippen LogP contribution in [0.5, 0.6) is 5.75 Å². The molecule has 2 unspecified atom stereocenters. The Balaban J connectivity index is 0.948. The number of nitrogens with zero attached hydrogens (tertiary/aromatic N) is 1. The van der Waals surface area contributed by atoms with Gasteiger partial charge in [-0.3, -0.25) is 10.0 Å². The Labute approximate surface area is 230 Å². The van der Waals surface area contributed by atoms with Gasteiger partial charge in [-0.1, -0.05) is 36.4 Å². The van der Waals surface area contributed by atoms with Gasteiger partial charge in [0, 0.05) is 17.5 Å². The van der Waals surface area contributed by atoms with Crippen LogP contribution in [0.25, 0.3) is 0 Å². The van der Waals surface area contributed by atoms with Gasteiger partial charge in [-0.15, -0.1) is 0 Å². The summed E-state index contributed by atoms with van der Waals surface area (Å²) in [5.41, 5.74) is 5.67. The molecule has 1 aliphatic carbocycles. The van der Waals surface area contributed by atoms with E-state index >= 15 is 0 Å². The molecule has 1 saturated heterocycles. The van der Waals surface area contributed by atoms with Crippen LogP contribution in [0.3, 0.4) is 0 Å². The van der Waals surface area contributed by atoms with E-state index in [9.17, 15) is 9.18 Å². The minimum atomic E-state index is -0.476. The van der Waals surface area contributed by atoms with E-state index in [-0.39, 0.29) is 5.82 Å². The quantitative estimate of drug-likeness (QED) is 0.218. The fourth-order valence-corrected chi connectivity index (χ4v) is 5.47. The summed E-state index contributed by atoms with van der Waals surface area (Å²) in [5, 5.41) is 12.5. The molecule has 1 amide bonds. The van der Waals surface area contributed by atoms with Gasteiger partial charge in [0.1, 0.15) is 18.2 Å². The van der Waals surface area contributed by atoms with Gasteiger partial charge >= 0.3 is 0 Å². The monoisotopic (exact) mass is 531 g/mol. The minimum absolute atomic E-state index is 0.230. The normalized spacial score (nSPS) is 19.5. The maximum absolute atomic E-state index is 13.0. The van der Waals surface area contributed by atoms with Crippen molar-refractivity contribution in [2.75, 3.05) is 26.2 Å². The minimum Gasteiger partial charge on any atom is -0.489 e. The Hall–Kier alpha value is -3.26. The predicted molar refractivity (Wildman–Crippen MR) is 150 cm³/mol. The molecule has 39 heavy (non-hydrogen) atoms. The van der Waals surface area contributed by atoms with Gasteiger partial charge in [-0.2, -0.15) is 0 Å². The third-order valence-corrected chi connectivity index (χ3v) is 8.05. The molecule has 2 atom stereocenters. The number of rotatable bonds is 12. The summed E-state index contributed by atoms with van der Waals surface area (Å²) in [6.45, 7) is 4.97. The van der Waals surface area contributed by atoms with Crippen molar-refractivity contribution < 1.29 is 19.1 Å². The van der Waals surface area contributed by atoms with Crippen molar-refractivity contribution in [3.05, 3.63) is 101 Å². The summed E-state index contributed by atoms with van der Waals surface area (Å²) in [6.07, 6.45) is 5.78. The summed E-state index contributed by atoms with van der Waals surface area (Å²) in [7, 11) is 0. The second kappa shape index (κ2) is 13.2. The molecule has 3 N–H and O–H groups in total. The van der Waals surface area contributed by atoms with Crippen molar-refractivity contribution in [1.82, 2.24) is 15.7 Å². The number of hydrogen-bond acceptors (Lipinski definition) is 5. The van der Waals surface area contributed by atoms with Gasteiger partial charge in [0.15, 0.2) is 0 Å². The summed E-state index contributed by atoms with van der Waals surface area (Å²) < 4.78 is 18.9. The second-order valence-corrected chi connectivity index (χ2v) is 10.9. The zero-order chi connectivity index (χ0) is 27.0.